The summed E-state index contributed by atoms with van der Waals surface area (Å²) < 4.78 is 4.96. The van der Waals surface area contributed by atoms with Gasteiger partial charge >= 0.3 is 12.0 Å². The van der Waals surface area contributed by atoms with Crippen LogP contribution in [-0.2, 0) is 9.53 Å². The average molecular weight is 262 g/mol. The Morgan fingerprint density at radius 3 is 2.39 bits per heavy atom. The second kappa shape index (κ2) is 9.67. The third-order valence-electron chi connectivity index (χ3n) is 2.36. The Labute approximate surface area is 107 Å². The third kappa shape index (κ3) is 7.08. The zero-order valence-electron chi connectivity index (χ0n) is 10.8. The largest absolute Gasteiger partial charge is 0.480 e. The van der Waals surface area contributed by atoms with Crippen LogP contribution in [0.2, 0.25) is 0 Å². The number of carboxylic acids is 1. The van der Waals surface area contributed by atoms with Crippen molar-refractivity contribution in [1.82, 2.24) is 10.6 Å². The van der Waals surface area contributed by atoms with E-state index in [-0.39, 0.29) is 19.1 Å². The molecule has 0 aromatic carbocycles. The van der Waals surface area contributed by atoms with Crippen LogP contribution in [0.4, 0.5) is 4.79 Å². The van der Waals surface area contributed by atoms with E-state index in [2.05, 4.69) is 10.6 Å². The standard InChI is InChI=1S/C11H22N2O5/c1-3-4-8(7-18-2)12-11(17)13-9(5-6-14)10(15)16/h8-9,14H,3-7H2,1-2H3,(H,15,16)(H2,12,13,17)/t8?,9-/m1/s1. The van der Waals surface area contributed by atoms with E-state index in [1.165, 1.54) is 7.11 Å². The molecule has 0 aliphatic heterocycles. The molecule has 7 heteroatoms. The van der Waals surface area contributed by atoms with Gasteiger partial charge in [0, 0.05) is 20.1 Å². The van der Waals surface area contributed by atoms with Crippen LogP contribution in [0.1, 0.15) is 26.2 Å². The van der Waals surface area contributed by atoms with Crippen LogP contribution in [-0.4, -0.2) is 54.6 Å². The fourth-order valence-corrected chi connectivity index (χ4v) is 1.52. The summed E-state index contributed by atoms with van der Waals surface area (Å²) in [6.45, 7) is 2.06. The number of aliphatic hydroxyl groups is 1. The molecule has 0 heterocycles. The maximum Gasteiger partial charge on any atom is 0.326 e. The minimum absolute atomic E-state index is 0.0223. The fourth-order valence-electron chi connectivity index (χ4n) is 1.52. The van der Waals surface area contributed by atoms with Crippen molar-refractivity contribution in [1.29, 1.82) is 0 Å². The van der Waals surface area contributed by atoms with Gasteiger partial charge in [0.15, 0.2) is 0 Å². The number of ether oxygens (including phenoxy) is 1. The number of hydrogen-bond donors (Lipinski definition) is 4. The third-order valence-corrected chi connectivity index (χ3v) is 2.36. The van der Waals surface area contributed by atoms with E-state index in [9.17, 15) is 9.59 Å². The van der Waals surface area contributed by atoms with Crippen LogP contribution in [0.15, 0.2) is 0 Å². The van der Waals surface area contributed by atoms with Gasteiger partial charge in [0.1, 0.15) is 6.04 Å². The zero-order valence-corrected chi connectivity index (χ0v) is 10.8. The predicted octanol–water partition coefficient (Wildman–Crippen LogP) is -0.0637. The maximum absolute atomic E-state index is 11.6. The Balaban J connectivity index is 4.23. The predicted molar refractivity (Wildman–Crippen MR) is 65.4 cm³/mol. The van der Waals surface area contributed by atoms with Gasteiger partial charge in [0.05, 0.1) is 12.6 Å². The van der Waals surface area contributed by atoms with Crippen LogP contribution >= 0.6 is 0 Å². The summed E-state index contributed by atoms with van der Waals surface area (Å²) in [5, 5.41) is 22.5. The number of carbonyl (C=O) groups excluding carboxylic acids is 1. The first-order valence-electron chi connectivity index (χ1n) is 5.94. The Kier molecular flexibility index (Phi) is 8.95. The SMILES string of the molecule is CCCC(COC)NC(=O)N[C@H](CCO)C(=O)O. The van der Waals surface area contributed by atoms with Crippen molar-refractivity contribution >= 4 is 12.0 Å². The molecule has 0 aromatic heterocycles. The van der Waals surface area contributed by atoms with Crippen molar-refractivity contribution < 1.29 is 24.5 Å². The Morgan fingerprint density at radius 2 is 1.94 bits per heavy atom. The first-order valence-corrected chi connectivity index (χ1v) is 5.94. The summed E-state index contributed by atoms with van der Waals surface area (Å²) >= 11 is 0. The highest BCUT2D eigenvalue weighted by Crippen LogP contribution is 1.98. The van der Waals surface area contributed by atoms with Crippen molar-refractivity contribution in [2.24, 2.45) is 0 Å². The molecule has 2 amide bonds. The normalized spacial score (nSPS) is 13.7. The second-order valence-electron chi connectivity index (χ2n) is 3.96. The number of hydrogen-bond acceptors (Lipinski definition) is 4. The van der Waals surface area contributed by atoms with Crippen molar-refractivity contribution in [2.45, 2.75) is 38.3 Å². The lowest BCUT2D eigenvalue weighted by Gasteiger charge is -2.19. The smallest absolute Gasteiger partial charge is 0.326 e. The summed E-state index contributed by atoms with van der Waals surface area (Å²) in [6, 6.07) is -1.80. The first-order chi connectivity index (χ1) is 8.54. The molecule has 0 aliphatic carbocycles. The van der Waals surface area contributed by atoms with Gasteiger partial charge in [-0.25, -0.2) is 9.59 Å². The molecular weight excluding hydrogens is 240 g/mol. The molecule has 7 nitrogen and oxygen atoms in total. The van der Waals surface area contributed by atoms with Crippen molar-refractivity contribution in [3.05, 3.63) is 0 Å². The first kappa shape index (κ1) is 16.7. The van der Waals surface area contributed by atoms with Crippen LogP contribution in [0.3, 0.4) is 0 Å². The summed E-state index contributed by atoms with van der Waals surface area (Å²) in [6.07, 6.45) is 1.61. The highest BCUT2D eigenvalue weighted by atomic mass is 16.5. The monoisotopic (exact) mass is 262 g/mol. The molecule has 0 aliphatic rings. The molecule has 0 spiro atoms. The number of aliphatic hydroxyl groups excluding tert-OH is 1. The van der Waals surface area contributed by atoms with Crippen molar-refractivity contribution in [3.63, 3.8) is 0 Å². The number of nitrogens with one attached hydrogen (secondary N) is 2. The van der Waals surface area contributed by atoms with E-state index >= 15 is 0 Å². The zero-order chi connectivity index (χ0) is 14.0. The van der Waals surface area contributed by atoms with Crippen molar-refractivity contribution in [3.8, 4) is 0 Å². The van der Waals surface area contributed by atoms with E-state index in [0.717, 1.165) is 12.8 Å². The van der Waals surface area contributed by atoms with Gasteiger partial charge in [-0.1, -0.05) is 13.3 Å². The minimum Gasteiger partial charge on any atom is -0.480 e. The summed E-state index contributed by atoms with van der Waals surface area (Å²) in [4.78, 5) is 22.4. The maximum atomic E-state index is 11.6. The molecule has 0 fully saturated rings. The van der Waals surface area contributed by atoms with Gasteiger partial charge in [0.2, 0.25) is 0 Å². The number of carboxylic acid groups (broad SMARTS) is 1. The van der Waals surface area contributed by atoms with E-state index in [1.54, 1.807) is 0 Å². The van der Waals surface area contributed by atoms with Gasteiger partial charge in [-0.05, 0) is 6.42 Å². The molecule has 0 rings (SSSR count). The average Bonchev–Trinajstić information content (AvgIpc) is 2.29. The quantitative estimate of drug-likeness (QED) is 0.465. The van der Waals surface area contributed by atoms with Crippen LogP contribution < -0.4 is 10.6 Å². The van der Waals surface area contributed by atoms with Crippen LogP contribution in [0, 0.1) is 0 Å². The summed E-state index contributed by atoms with van der Waals surface area (Å²) in [7, 11) is 1.54. The number of urea groups is 1. The topological polar surface area (TPSA) is 108 Å². The molecule has 2 atom stereocenters. The minimum atomic E-state index is -1.17. The number of aliphatic carboxylic acids is 1. The molecule has 1 unspecified atom stereocenters. The highest BCUT2D eigenvalue weighted by molar-refractivity contribution is 5.82. The summed E-state index contributed by atoms with van der Waals surface area (Å²) in [5.41, 5.74) is 0. The van der Waals surface area contributed by atoms with Gasteiger partial charge in [-0.15, -0.1) is 0 Å². The Morgan fingerprint density at radius 1 is 1.28 bits per heavy atom. The molecular formula is C11H22N2O5. The summed E-state index contributed by atoms with van der Waals surface area (Å²) in [5.74, 6) is -1.17. The number of methoxy groups -OCH3 is 1. The van der Waals surface area contributed by atoms with E-state index in [1.807, 2.05) is 6.92 Å². The lowest BCUT2D eigenvalue weighted by Crippen LogP contribution is -2.50. The Hall–Kier alpha value is -1.34. The van der Waals surface area contributed by atoms with Crippen molar-refractivity contribution in [2.75, 3.05) is 20.3 Å². The van der Waals surface area contributed by atoms with E-state index in [4.69, 9.17) is 14.9 Å². The van der Waals surface area contributed by atoms with Crippen LogP contribution in [0.5, 0.6) is 0 Å². The Bertz CT molecular complexity index is 254. The van der Waals surface area contributed by atoms with E-state index < -0.39 is 18.0 Å². The lowest BCUT2D eigenvalue weighted by atomic mass is 10.2. The number of rotatable bonds is 9. The number of amides is 2. The van der Waals surface area contributed by atoms with Crippen LogP contribution in [0.25, 0.3) is 0 Å². The highest BCUT2D eigenvalue weighted by Gasteiger charge is 2.20. The van der Waals surface area contributed by atoms with Gasteiger partial charge in [-0.2, -0.15) is 0 Å². The molecule has 0 aromatic rings. The fraction of sp³-hybridized carbons (Fsp3) is 0.818. The van der Waals surface area contributed by atoms with Gasteiger partial charge < -0.3 is 25.6 Å². The molecule has 0 saturated heterocycles. The molecule has 0 radical (unpaired) electrons. The molecule has 106 valence electrons. The lowest BCUT2D eigenvalue weighted by molar-refractivity contribution is -0.139. The molecule has 18 heavy (non-hydrogen) atoms. The molecule has 4 N–H and O–H groups in total. The molecule has 0 bridgehead atoms. The number of carbonyl (C=O) groups is 2. The van der Waals surface area contributed by atoms with Gasteiger partial charge in [-0.3, -0.25) is 0 Å². The van der Waals surface area contributed by atoms with Gasteiger partial charge in [0.25, 0.3) is 0 Å². The van der Waals surface area contributed by atoms with E-state index in [0.29, 0.717) is 6.61 Å². The second-order valence-corrected chi connectivity index (χ2v) is 3.96. The molecule has 0 saturated carbocycles.